The van der Waals surface area contributed by atoms with Crippen LogP contribution >= 0.6 is 0 Å². The van der Waals surface area contributed by atoms with E-state index in [1.807, 2.05) is 17.8 Å². The van der Waals surface area contributed by atoms with E-state index in [1.165, 1.54) is 19.2 Å². The minimum Gasteiger partial charge on any atom is -0.494 e. The Bertz CT molecular complexity index is 540. The van der Waals surface area contributed by atoms with Crippen LogP contribution in [0.1, 0.15) is 17.5 Å². The summed E-state index contributed by atoms with van der Waals surface area (Å²) < 4.78 is 20.0. The van der Waals surface area contributed by atoms with Gasteiger partial charge in [0.1, 0.15) is 5.82 Å². The third kappa shape index (κ3) is 2.51. The predicted molar refractivity (Wildman–Crippen MR) is 64.8 cm³/mol. The first kappa shape index (κ1) is 12.6. The molecule has 0 bridgehead atoms. The number of aryl methyl sites for hydroxylation is 1. The van der Waals surface area contributed by atoms with E-state index in [0.29, 0.717) is 12.0 Å². The zero-order valence-electron chi connectivity index (χ0n) is 10.3. The number of methoxy groups -OCH3 is 1. The molecule has 0 fully saturated rings. The fourth-order valence-corrected chi connectivity index (χ4v) is 1.77. The van der Waals surface area contributed by atoms with Gasteiger partial charge in [0, 0.05) is 25.9 Å². The molecule has 1 aromatic heterocycles. The van der Waals surface area contributed by atoms with Crippen molar-refractivity contribution in [2.24, 2.45) is 7.05 Å². The summed E-state index contributed by atoms with van der Waals surface area (Å²) in [5.41, 5.74) is 0.608. The van der Waals surface area contributed by atoms with Gasteiger partial charge in [0.15, 0.2) is 11.6 Å². The van der Waals surface area contributed by atoms with E-state index < -0.39 is 11.9 Å². The molecule has 1 unspecified atom stereocenters. The number of benzene rings is 1. The molecule has 0 aliphatic rings. The number of hydrogen-bond donors (Lipinski definition) is 1. The Morgan fingerprint density at radius 1 is 1.50 bits per heavy atom. The quantitative estimate of drug-likeness (QED) is 0.900. The van der Waals surface area contributed by atoms with Crippen LogP contribution in [0.3, 0.4) is 0 Å². The van der Waals surface area contributed by atoms with E-state index in [-0.39, 0.29) is 5.75 Å². The SMILES string of the molecule is COc1cc(C(O)Cc2nccn2C)ccc1F. The number of nitrogens with zero attached hydrogens (tertiary/aromatic N) is 2. The summed E-state index contributed by atoms with van der Waals surface area (Å²) in [6.45, 7) is 0. The van der Waals surface area contributed by atoms with Crippen LogP contribution in [0.2, 0.25) is 0 Å². The van der Waals surface area contributed by atoms with Crippen molar-refractivity contribution in [3.63, 3.8) is 0 Å². The minimum atomic E-state index is -0.736. The molecule has 2 aromatic rings. The molecular formula is C13H15FN2O2. The van der Waals surface area contributed by atoms with Crippen molar-refractivity contribution in [1.82, 2.24) is 9.55 Å². The Balaban J connectivity index is 2.18. The van der Waals surface area contributed by atoms with Gasteiger partial charge in [-0.05, 0) is 17.7 Å². The number of aliphatic hydroxyl groups excluding tert-OH is 1. The Morgan fingerprint density at radius 2 is 2.28 bits per heavy atom. The van der Waals surface area contributed by atoms with Gasteiger partial charge in [-0.2, -0.15) is 0 Å². The van der Waals surface area contributed by atoms with Crippen LogP contribution in [-0.4, -0.2) is 21.8 Å². The minimum absolute atomic E-state index is 0.131. The zero-order chi connectivity index (χ0) is 13.1. The molecule has 5 heteroatoms. The first-order chi connectivity index (χ1) is 8.61. The van der Waals surface area contributed by atoms with Gasteiger partial charge in [0.2, 0.25) is 0 Å². The number of ether oxygens (including phenoxy) is 1. The van der Waals surface area contributed by atoms with Crippen molar-refractivity contribution < 1.29 is 14.2 Å². The number of hydrogen-bond acceptors (Lipinski definition) is 3. The van der Waals surface area contributed by atoms with Crippen molar-refractivity contribution in [1.29, 1.82) is 0 Å². The second kappa shape index (κ2) is 5.18. The molecule has 0 aliphatic carbocycles. The van der Waals surface area contributed by atoms with Crippen molar-refractivity contribution in [3.8, 4) is 5.75 Å². The summed E-state index contributed by atoms with van der Waals surface area (Å²) in [7, 11) is 3.26. The lowest BCUT2D eigenvalue weighted by Gasteiger charge is -2.12. The highest BCUT2D eigenvalue weighted by atomic mass is 19.1. The second-order valence-corrected chi connectivity index (χ2v) is 4.07. The lowest BCUT2D eigenvalue weighted by atomic mass is 10.1. The van der Waals surface area contributed by atoms with Crippen molar-refractivity contribution in [2.45, 2.75) is 12.5 Å². The second-order valence-electron chi connectivity index (χ2n) is 4.07. The average Bonchev–Trinajstić information content (AvgIpc) is 2.75. The van der Waals surface area contributed by atoms with Gasteiger partial charge in [0.25, 0.3) is 0 Å². The van der Waals surface area contributed by atoms with Gasteiger partial charge < -0.3 is 14.4 Å². The standard InChI is InChI=1S/C13H15FN2O2/c1-16-6-5-15-13(16)8-11(17)9-3-4-10(14)12(7-9)18-2/h3-7,11,17H,8H2,1-2H3. The van der Waals surface area contributed by atoms with E-state index in [2.05, 4.69) is 4.98 Å². The molecule has 0 saturated carbocycles. The molecule has 0 radical (unpaired) electrons. The first-order valence-corrected chi connectivity index (χ1v) is 5.59. The Morgan fingerprint density at radius 3 is 2.89 bits per heavy atom. The number of rotatable bonds is 4. The predicted octanol–water partition coefficient (Wildman–Crippen LogP) is 1.84. The lowest BCUT2D eigenvalue weighted by molar-refractivity contribution is 0.174. The summed E-state index contributed by atoms with van der Waals surface area (Å²) in [5.74, 6) is 0.461. The van der Waals surface area contributed by atoms with Crippen LogP contribution in [0.15, 0.2) is 30.6 Å². The molecule has 1 N–H and O–H groups in total. The number of imidazole rings is 1. The third-order valence-electron chi connectivity index (χ3n) is 2.86. The molecule has 2 rings (SSSR count). The smallest absolute Gasteiger partial charge is 0.165 e. The summed E-state index contributed by atoms with van der Waals surface area (Å²) in [6.07, 6.45) is 3.12. The Labute approximate surface area is 105 Å². The molecule has 1 aromatic carbocycles. The molecule has 1 atom stereocenters. The highest BCUT2D eigenvalue weighted by molar-refractivity contribution is 5.31. The van der Waals surface area contributed by atoms with Gasteiger partial charge in [-0.15, -0.1) is 0 Å². The average molecular weight is 250 g/mol. The van der Waals surface area contributed by atoms with Crippen LogP contribution in [0, 0.1) is 5.82 Å². The van der Waals surface area contributed by atoms with Crippen LogP contribution < -0.4 is 4.74 Å². The molecule has 96 valence electrons. The Kier molecular flexibility index (Phi) is 3.62. The van der Waals surface area contributed by atoms with Crippen molar-refractivity contribution in [3.05, 3.63) is 47.8 Å². The highest BCUT2D eigenvalue weighted by Crippen LogP contribution is 2.24. The first-order valence-electron chi connectivity index (χ1n) is 5.59. The van der Waals surface area contributed by atoms with Crippen LogP contribution in [0.5, 0.6) is 5.75 Å². The van der Waals surface area contributed by atoms with E-state index in [9.17, 15) is 9.50 Å². The molecular weight excluding hydrogens is 235 g/mol. The zero-order valence-corrected chi connectivity index (χ0v) is 10.3. The van der Waals surface area contributed by atoms with E-state index >= 15 is 0 Å². The molecule has 0 aliphatic heterocycles. The molecule has 0 spiro atoms. The van der Waals surface area contributed by atoms with Crippen LogP contribution in [0.25, 0.3) is 0 Å². The summed E-state index contributed by atoms with van der Waals surface area (Å²) in [4.78, 5) is 4.14. The summed E-state index contributed by atoms with van der Waals surface area (Å²) in [5, 5.41) is 10.1. The normalized spacial score (nSPS) is 12.4. The Hall–Kier alpha value is -1.88. The monoisotopic (exact) mass is 250 g/mol. The fraction of sp³-hybridized carbons (Fsp3) is 0.308. The topological polar surface area (TPSA) is 47.3 Å². The molecule has 18 heavy (non-hydrogen) atoms. The maximum atomic E-state index is 13.3. The molecule has 0 amide bonds. The number of halogens is 1. The van der Waals surface area contributed by atoms with Crippen LogP contribution in [0.4, 0.5) is 4.39 Å². The van der Waals surface area contributed by atoms with E-state index in [4.69, 9.17) is 4.74 Å². The van der Waals surface area contributed by atoms with E-state index in [0.717, 1.165) is 5.82 Å². The summed E-state index contributed by atoms with van der Waals surface area (Å²) >= 11 is 0. The van der Waals surface area contributed by atoms with E-state index in [1.54, 1.807) is 12.3 Å². The molecule has 4 nitrogen and oxygen atoms in total. The largest absolute Gasteiger partial charge is 0.494 e. The third-order valence-corrected chi connectivity index (χ3v) is 2.86. The van der Waals surface area contributed by atoms with Gasteiger partial charge in [-0.25, -0.2) is 9.37 Å². The van der Waals surface area contributed by atoms with Crippen LogP contribution in [-0.2, 0) is 13.5 Å². The highest BCUT2D eigenvalue weighted by Gasteiger charge is 2.14. The number of aliphatic hydroxyl groups is 1. The fourth-order valence-electron chi connectivity index (χ4n) is 1.77. The van der Waals surface area contributed by atoms with Crippen molar-refractivity contribution in [2.75, 3.05) is 7.11 Å². The maximum absolute atomic E-state index is 13.3. The lowest BCUT2D eigenvalue weighted by Crippen LogP contribution is -2.07. The summed E-state index contributed by atoms with van der Waals surface area (Å²) in [6, 6.07) is 4.34. The van der Waals surface area contributed by atoms with Gasteiger partial charge in [-0.3, -0.25) is 0 Å². The van der Waals surface area contributed by atoms with Gasteiger partial charge in [0.05, 0.1) is 13.2 Å². The van der Waals surface area contributed by atoms with Gasteiger partial charge in [-0.1, -0.05) is 6.07 Å². The number of aromatic nitrogens is 2. The molecule has 0 saturated heterocycles. The van der Waals surface area contributed by atoms with Crippen molar-refractivity contribution >= 4 is 0 Å². The molecule has 1 heterocycles. The van der Waals surface area contributed by atoms with Gasteiger partial charge >= 0.3 is 0 Å². The maximum Gasteiger partial charge on any atom is 0.165 e.